The number of thiazole rings is 1. The van der Waals surface area contributed by atoms with Crippen LogP contribution in [0.2, 0.25) is 10.0 Å². The van der Waals surface area contributed by atoms with Crippen LogP contribution in [-0.2, 0) is 6.54 Å². The first-order valence-corrected chi connectivity index (χ1v) is 8.01. The monoisotopic (exact) mass is 334 g/mol. The van der Waals surface area contributed by atoms with Crippen LogP contribution in [0.1, 0.15) is 5.56 Å². The number of hydrogen-bond donors (Lipinski definition) is 1. The molecular formula is C16H12Cl2N2S. The number of hydrogen-bond acceptors (Lipinski definition) is 3. The minimum absolute atomic E-state index is 0.520. The SMILES string of the molecule is NCc1cccc(-c2nc(-c3cc(Cl)ccc3Cl)cs2)c1. The Kier molecular flexibility index (Phi) is 4.27. The standard InChI is InChI=1S/C16H12Cl2N2S/c17-12-4-5-14(18)13(7-12)15-9-21-16(20-15)11-3-1-2-10(6-11)8-19/h1-7,9H,8,19H2. The summed E-state index contributed by atoms with van der Waals surface area (Å²) in [7, 11) is 0. The van der Waals surface area contributed by atoms with Crippen molar-refractivity contribution < 1.29 is 0 Å². The van der Waals surface area contributed by atoms with Crippen molar-refractivity contribution in [3.63, 3.8) is 0 Å². The second-order valence-corrected chi connectivity index (χ2v) is 6.27. The molecule has 0 saturated heterocycles. The van der Waals surface area contributed by atoms with Crippen LogP contribution in [0.5, 0.6) is 0 Å². The lowest BCUT2D eigenvalue weighted by Gasteiger charge is -2.02. The second-order valence-electron chi connectivity index (χ2n) is 4.57. The van der Waals surface area contributed by atoms with E-state index in [0.29, 0.717) is 16.6 Å². The Hall–Kier alpha value is -1.39. The summed E-state index contributed by atoms with van der Waals surface area (Å²) in [4.78, 5) is 4.66. The van der Waals surface area contributed by atoms with E-state index in [-0.39, 0.29) is 0 Å². The van der Waals surface area contributed by atoms with Crippen molar-refractivity contribution in [2.45, 2.75) is 6.54 Å². The summed E-state index contributed by atoms with van der Waals surface area (Å²) in [5.41, 5.74) is 9.51. The predicted octanol–water partition coefficient (Wildman–Crippen LogP) is 5.24. The van der Waals surface area contributed by atoms with Gasteiger partial charge in [0, 0.05) is 28.1 Å². The molecule has 106 valence electrons. The zero-order chi connectivity index (χ0) is 14.8. The molecule has 0 spiro atoms. The number of nitrogens with two attached hydrogens (primary N) is 1. The van der Waals surface area contributed by atoms with Crippen molar-refractivity contribution in [2.24, 2.45) is 5.73 Å². The average Bonchev–Trinajstić information content (AvgIpc) is 2.99. The molecular weight excluding hydrogens is 323 g/mol. The van der Waals surface area contributed by atoms with Crippen LogP contribution < -0.4 is 5.73 Å². The highest BCUT2D eigenvalue weighted by molar-refractivity contribution is 7.13. The van der Waals surface area contributed by atoms with Crippen LogP contribution in [-0.4, -0.2) is 4.98 Å². The lowest BCUT2D eigenvalue weighted by atomic mass is 10.1. The molecule has 0 aliphatic carbocycles. The molecule has 2 aromatic carbocycles. The molecule has 21 heavy (non-hydrogen) atoms. The summed E-state index contributed by atoms with van der Waals surface area (Å²) >= 11 is 13.8. The summed E-state index contributed by atoms with van der Waals surface area (Å²) in [5, 5.41) is 4.22. The lowest BCUT2D eigenvalue weighted by molar-refractivity contribution is 1.07. The number of benzene rings is 2. The fourth-order valence-corrected chi connectivity index (χ4v) is 3.26. The van der Waals surface area contributed by atoms with Gasteiger partial charge in [-0.05, 0) is 29.8 Å². The molecule has 0 aliphatic rings. The van der Waals surface area contributed by atoms with Crippen molar-refractivity contribution >= 4 is 34.5 Å². The smallest absolute Gasteiger partial charge is 0.124 e. The fourth-order valence-electron chi connectivity index (χ4n) is 2.06. The topological polar surface area (TPSA) is 38.9 Å². The summed E-state index contributed by atoms with van der Waals surface area (Å²) in [6.45, 7) is 0.520. The van der Waals surface area contributed by atoms with E-state index in [1.54, 1.807) is 23.5 Å². The molecule has 2 N–H and O–H groups in total. The third-order valence-corrected chi connectivity index (χ3v) is 4.57. The minimum Gasteiger partial charge on any atom is -0.326 e. The molecule has 5 heteroatoms. The summed E-state index contributed by atoms with van der Waals surface area (Å²) in [6.07, 6.45) is 0. The summed E-state index contributed by atoms with van der Waals surface area (Å²) in [6, 6.07) is 13.5. The largest absolute Gasteiger partial charge is 0.326 e. The molecule has 3 rings (SSSR count). The van der Waals surface area contributed by atoms with Gasteiger partial charge in [0.05, 0.1) is 10.7 Å². The van der Waals surface area contributed by atoms with Crippen molar-refractivity contribution in [1.29, 1.82) is 0 Å². The van der Waals surface area contributed by atoms with Gasteiger partial charge in [0.25, 0.3) is 0 Å². The normalized spacial score (nSPS) is 10.8. The van der Waals surface area contributed by atoms with Crippen molar-refractivity contribution in [1.82, 2.24) is 4.98 Å². The van der Waals surface area contributed by atoms with Gasteiger partial charge in [-0.25, -0.2) is 4.98 Å². The summed E-state index contributed by atoms with van der Waals surface area (Å²) in [5.74, 6) is 0. The van der Waals surface area contributed by atoms with Gasteiger partial charge >= 0.3 is 0 Å². The van der Waals surface area contributed by atoms with Gasteiger partial charge in [0.15, 0.2) is 0 Å². The highest BCUT2D eigenvalue weighted by Gasteiger charge is 2.10. The molecule has 2 nitrogen and oxygen atoms in total. The third-order valence-electron chi connectivity index (χ3n) is 3.12. The number of rotatable bonds is 3. The van der Waals surface area contributed by atoms with E-state index in [4.69, 9.17) is 28.9 Å². The van der Waals surface area contributed by atoms with Gasteiger partial charge < -0.3 is 5.73 Å². The van der Waals surface area contributed by atoms with Gasteiger partial charge in [0.1, 0.15) is 5.01 Å². The third kappa shape index (κ3) is 3.11. The lowest BCUT2D eigenvalue weighted by Crippen LogP contribution is -1.95. The van der Waals surface area contributed by atoms with Gasteiger partial charge in [0.2, 0.25) is 0 Å². The van der Waals surface area contributed by atoms with Gasteiger partial charge in [-0.3, -0.25) is 0 Å². The average molecular weight is 335 g/mol. The zero-order valence-corrected chi connectivity index (χ0v) is 13.3. The van der Waals surface area contributed by atoms with E-state index < -0.39 is 0 Å². The first-order valence-electron chi connectivity index (χ1n) is 6.37. The van der Waals surface area contributed by atoms with Crippen LogP contribution in [0.3, 0.4) is 0 Å². The van der Waals surface area contributed by atoms with Crippen LogP contribution in [0.4, 0.5) is 0 Å². The number of nitrogens with zero attached hydrogens (tertiary/aromatic N) is 1. The number of aromatic nitrogens is 1. The highest BCUT2D eigenvalue weighted by atomic mass is 35.5. The molecule has 0 fully saturated rings. The van der Waals surface area contributed by atoms with Crippen LogP contribution >= 0.6 is 34.5 Å². The molecule has 0 amide bonds. The highest BCUT2D eigenvalue weighted by Crippen LogP contribution is 2.34. The van der Waals surface area contributed by atoms with Crippen molar-refractivity contribution in [3.05, 3.63) is 63.5 Å². The van der Waals surface area contributed by atoms with E-state index in [1.165, 1.54) is 0 Å². The Morgan fingerprint density at radius 1 is 1.10 bits per heavy atom. The quantitative estimate of drug-likeness (QED) is 0.711. The number of halogens is 2. The Morgan fingerprint density at radius 2 is 1.95 bits per heavy atom. The van der Waals surface area contributed by atoms with Crippen LogP contribution in [0.15, 0.2) is 47.8 Å². The minimum atomic E-state index is 0.520. The molecule has 0 atom stereocenters. The fraction of sp³-hybridized carbons (Fsp3) is 0.0625. The first kappa shape index (κ1) is 14.5. The van der Waals surface area contributed by atoms with Gasteiger partial charge in [-0.1, -0.05) is 41.4 Å². The Bertz CT molecular complexity index is 783. The van der Waals surface area contributed by atoms with Crippen molar-refractivity contribution in [3.8, 4) is 21.8 Å². The maximum Gasteiger partial charge on any atom is 0.124 e. The van der Waals surface area contributed by atoms with Crippen molar-refractivity contribution in [2.75, 3.05) is 0 Å². The van der Waals surface area contributed by atoms with Gasteiger partial charge in [-0.2, -0.15) is 0 Å². The first-order chi connectivity index (χ1) is 10.2. The second kappa shape index (κ2) is 6.16. The van der Waals surface area contributed by atoms with E-state index in [1.807, 2.05) is 29.6 Å². The zero-order valence-electron chi connectivity index (χ0n) is 11.0. The van der Waals surface area contributed by atoms with Gasteiger partial charge in [-0.15, -0.1) is 11.3 Å². The molecule has 0 saturated carbocycles. The Balaban J connectivity index is 2.01. The van der Waals surface area contributed by atoms with Crippen LogP contribution in [0.25, 0.3) is 21.8 Å². The van der Waals surface area contributed by atoms with E-state index >= 15 is 0 Å². The maximum absolute atomic E-state index is 6.22. The van der Waals surface area contributed by atoms with E-state index in [0.717, 1.165) is 27.4 Å². The Morgan fingerprint density at radius 3 is 2.76 bits per heavy atom. The molecule has 0 unspecified atom stereocenters. The maximum atomic E-state index is 6.22. The molecule has 0 radical (unpaired) electrons. The van der Waals surface area contributed by atoms with Crippen LogP contribution in [0, 0.1) is 0 Å². The molecule has 1 heterocycles. The van der Waals surface area contributed by atoms with E-state index in [9.17, 15) is 0 Å². The molecule has 0 aliphatic heterocycles. The molecule has 0 bridgehead atoms. The Labute approximate surface area is 137 Å². The molecule has 3 aromatic rings. The summed E-state index contributed by atoms with van der Waals surface area (Å²) < 4.78 is 0. The predicted molar refractivity (Wildman–Crippen MR) is 90.9 cm³/mol. The molecule has 1 aromatic heterocycles. The van der Waals surface area contributed by atoms with E-state index in [2.05, 4.69) is 11.1 Å².